The molecule has 2 nitrogen and oxygen atoms in total. The monoisotopic (exact) mass is 765 g/mol. The van der Waals surface area contributed by atoms with Crippen LogP contribution in [0.4, 0.5) is 0 Å². The number of rotatable bonds is 6. The molecule has 229 valence electrons. The minimum Gasteiger partial charge on any atom is -0.305 e. The minimum atomic E-state index is -0.0479. The fourth-order valence-corrected chi connectivity index (χ4v) is 5.28. The summed E-state index contributed by atoms with van der Waals surface area (Å²) in [5.74, 6) is 0. The van der Waals surface area contributed by atoms with Gasteiger partial charge in [0.25, 0.3) is 0 Å². The molecule has 0 spiro atoms. The molecule has 4 aromatic carbocycles. The Labute approximate surface area is 283 Å². The van der Waals surface area contributed by atoms with Crippen LogP contribution in [0.1, 0.15) is 51.3 Å². The summed E-state index contributed by atoms with van der Waals surface area (Å²) >= 11 is 0. The largest absolute Gasteiger partial charge is 0.305 e. The topological polar surface area (TPSA) is 25.8 Å². The summed E-state index contributed by atoms with van der Waals surface area (Å²) in [7, 11) is 0. The van der Waals surface area contributed by atoms with Crippen LogP contribution in [-0.2, 0) is 31.9 Å². The fraction of sp³-hybridized carbons (Fsp3) is 0.190. The molecule has 2 heterocycles. The SMILES string of the molecule is CC(C)(C)Cc1ccnc(-c2[c-]cc(-c3ccccc3)cc2)c1.CC(C)(c1ccccc1)c1ccnc(-c2[c-]cccc2)c1.[Ir]. The molecule has 0 unspecified atom stereocenters. The zero-order chi connectivity index (χ0) is 31.0. The summed E-state index contributed by atoms with van der Waals surface area (Å²) in [6.45, 7) is 11.3. The van der Waals surface area contributed by atoms with Gasteiger partial charge in [-0.3, -0.25) is 0 Å². The molecule has 45 heavy (non-hydrogen) atoms. The molecule has 0 N–H and O–H groups in total. The van der Waals surface area contributed by atoms with Crippen LogP contribution in [0.3, 0.4) is 0 Å². The maximum Gasteiger partial charge on any atom is 0.0163 e. The van der Waals surface area contributed by atoms with Crippen molar-refractivity contribution in [1.82, 2.24) is 9.97 Å². The van der Waals surface area contributed by atoms with E-state index in [0.717, 1.165) is 28.9 Å². The number of hydrogen-bond acceptors (Lipinski definition) is 2. The number of pyridine rings is 2. The number of hydrogen-bond donors (Lipinski definition) is 0. The summed E-state index contributed by atoms with van der Waals surface area (Å²) < 4.78 is 0. The molecule has 0 fully saturated rings. The number of aromatic nitrogens is 2. The van der Waals surface area contributed by atoms with E-state index in [9.17, 15) is 0 Å². The van der Waals surface area contributed by atoms with E-state index in [1.54, 1.807) is 0 Å². The van der Waals surface area contributed by atoms with Gasteiger partial charge in [0, 0.05) is 37.9 Å². The Kier molecular flexibility index (Phi) is 11.4. The molecule has 0 saturated heterocycles. The van der Waals surface area contributed by atoms with Crippen LogP contribution in [0.25, 0.3) is 33.6 Å². The van der Waals surface area contributed by atoms with Gasteiger partial charge in [-0.1, -0.05) is 124 Å². The van der Waals surface area contributed by atoms with Crippen LogP contribution in [0.5, 0.6) is 0 Å². The Bertz CT molecular complexity index is 1760. The first-order valence-corrected chi connectivity index (χ1v) is 15.2. The summed E-state index contributed by atoms with van der Waals surface area (Å²) in [5, 5.41) is 0. The third-order valence-corrected chi connectivity index (χ3v) is 7.72. The molecule has 0 aliphatic rings. The van der Waals surface area contributed by atoms with Gasteiger partial charge in [0.15, 0.2) is 0 Å². The molecule has 0 saturated carbocycles. The number of benzene rings is 4. The smallest absolute Gasteiger partial charge is 0.0163 e. The Morgan fingerprint density at radius 3 is 1.80 bits per heavy atom. The van der Waals surface area contributed by atoms with Crippen LogP contribution in [0, 0.1) is 17.5 Å². The van der Waals surface area contributed by atoms with Crippen LogP contribution >= 0.6 is 0 Å². The Morgan fingerprint density at radius 2 is 1.18 bits per heavy atom. The van der Waals surface area contributed by atoms with Crippen molar-refractivity contribution in [1.29, 1.82) is 0 Å². The molecule has 0 atom stereocenters. The van der Waals surface area contributed by atoms with Crippen molar-refractivity contribution >= 4 is 0 Å². The summed E-state index contributed by atoms with van der Waals surface area (Å²) in [6.07, 6.45) is 4.83. The summed E-state index contributed by atoms with van der Waals surface area (Å²) in [4.78, 5) is 9.00. The first-order valence-electron chi connectivity index (χ1n) is 15.2. The van der Waals surface area contributed by atoms with Gasteiger partial charge in [-0.2, -0.15) is 0 Å². The van der Waals surface area contributed by atoms with Crippen LogP contribution in [0.15, 0.2) is 140 Å². The molecule has 0 amide bonds. The van der Waals surface area contributed by atoms with Crippen molar-refractivity contribution < 1.29 is 20.1 Å². The van der Waals surface area contributed by atoms with Crippen molar-refractivity contribution in [2.24, 2.45) is 5.41 Å². The minimum absolute atomic E-state index is 0. The van der Waals surface area contributed by atoms with E-state index in [0.29, 0.717) is 0 Å². The molecule has 3 heteroatoms. The van der Waals surface area contributed by atoms with Crippen LogP contribution in [0.2, 0.25) is 0 Å². The van der Waals surface area contributed by atoms with Gasteiger partial charge in [-0.25, -0.2) is 0 Å². The van der Waals surface area contributed by atoms with Gasteiger partial charge in [-0.15, -0.1) is 65.7 Å². The van der Waals surface area contributed by atoms with Gasteiger partial charge in [0.05, 0.1) is 0 Å². The van der Waals surface area contributed by atoms with Crippen molar-refractivity contribution in [2.75, 3.05) is 0 Å². The molecule has 1 radical (unpaired) electrons. The Morgan fingerprint density at radius 1 is 0.556 bits per heavy atom. The van der Waals surface area contributed by atoms with E-state index >= 15 is 0 Å². The molecule has 0 bridgehead atoms. The third-order valence-electron chi connectivity index (χ3n) is 7.72. The second-order valence-electron chi connectivity index (χ2n) is 12.8. The standard InChI is InChI=1S/C22H22N.C20H18N.Ir/c1-22(2,3)16-17-13-14-23-21(15-17)20-11-9-19(10-12-20)18-7-5-4-6-8-18;1-20(2,17-11-7-4-8-12-17)18-13-14-21-19(15-18)16-9-5-3-6-10-16;/h4-11,13-15H,16H2,1-3H3;3-9,11-15H,1-2H3;/q2*-1;. The van der Waals surface area contributed by atoms with E-state index in [-0.39, 0.29) is 30.9 Å². The summed E-state index contributed by atoms with van der Waals surface area (Å²) in [5.41, 5.74) is 10.5. The van der Waals surface area contributed by atoms with E-state index in [2.05, 4.69) is 148 Å². The molecule has 0 aliphatic heterocycles. The van der Waals surface area contributed by atoms with Crippen molar-refractivity contribution in [3.8, 4) is 33.6 Å². The zero-order valence-corrected chi connectivity index (χ0v) is 29.1. The predicted molar refractivity (Wildman–Crippen MR) is 184 cm³/mol. The van der Waals surface area contributed by atoms with E-state index in [1.807, 2.05) is 48.8 Å². The van der Waals surface area contributed by atoms with E-state index in [1.165, 1.54) is 27.8 Å². The van der Waals surface area contributed by atoms with Gasteiger partial charge in [-0.05, 0) is 46.5 Å². The molecular weight excluding hydrogens is 725 g/mol. The van der Waals surface area contributed by atoms with Crippen molar-refractivity contribution in [3.63, 3.8) is 0 Å². The van der Waals surface area contributed by atoms with Gasteiger partial charge in [0.2, 0.25) is 0 Å². The van der Waals surface area contributed by atoms with Crippen molar-refractivity contribution in [2.45, 2.75) is 46.5 Å². The molecule has 2 aromatic heterocycles. The van der Waals surface area contributed by atoms with Gasteiger partial charge in [0.1, 0.15) is 0 Å². The average molecular weight is 765 g/mol. The van der Waals surface area contributed by atoms with Crippen LogP contribution < -0.4 is 0 Å². The summed E-state index contributed by atoms with van der Waals surface area (Å²) in [6, 6.07) is 50.4. The maximum absolute atomic E-state index is 4.51. The predicted octanol–water partition coefficient (Wildman–Crippen LogP) is 10.7. The van der Waals surface area contributed by atoms with Gasteiger partial charge >= 0.3 is 0 Å². The Balaban J connectivity index is 0.000000201. The zero-order valence-electron chi connectivity index (χ0n) is 26.7. The Hall–Kier alpha value is -4.17. The first-order chi connectivity index (χ1) is 21.2. The quantitative estimate of drug-likeness (QED) is 0.158. The molecular formula is C42H40IrN2-2. The van der Waals surface area contributed by atoms with E-state index < -0.39 is 0 Å². The van der Waals surface area contributed by atoms with Crippen LogP contribution in [-0.4, -0.2) is 9.97 Å². The van der Waals surface area contributed by atoms with Gasteiger partial charge < -0.3 is 9.97 Å². The first kappa shape index (κ1) is 33.7. The van der Waals surface area contributed by atoms with Crippen molar-refractivity contribution in [3.05, 3.63) is 169 Å². The maximum atomic E-state index is 4.51. The number of nitrogens with zero attached hydrogens (tertiary/aromatic N) is 2. The van der Waals surface area contributed by atoms with E-state index in [4.69, 9.17) is 0 Å². The second-order valence-corrected chi connectivity index (χ2v) is 12.8. The molecule has 6 rings (SSSR count). The third kappa shape index (κ3) is 9.17. The normalized spacial score (nSPS) is 11.1. The molecule has 0 aliphatic carbocycles. The fourth-order valence-electron chi connectivity index (χ4n) is 5.28. The molecule has 6 aromatic rings. The second kappa shape index (κ2) is 15.2. The average Bonchev–Trinajstić information content (AvgIpc) is 3.06.